The minimum absolute atomic E-state index is 0.0241. The van der Waals surface area contributed by atoms with Crippen LogP contribution in [0.15, 0.2) is 24.3 Å². The third-order valence-corrected chi connectivity index (χ3v) is 2.23. The molecule has 5 nitrogen and oxygen atoms in total. The van der Waals surface area contributed by atoms with E-state index in [-0.39, 0.29) is 24.3 Å². The number of amides is 2. The number of ether oxygens (including phenoxy) is 1. The number of benzene rings is 1. The third kappa shape index (κ3) is 5.42. The van der Waals surface area contributed by atoms with Crippen LogP contribution in [0, 0.1) is 0 Å². The van der Waals surface area contributed by atoms with Gasteiger partial charge in [0.05, 0.1) is 12.3 Å². The molecule has 0 spiro atoms. The first-order valence-electron chi connectivity index (χ1n) is 6.34. The molecule has 0 aromatic heterocycles. The van der Waals surface area contributed by atoms with E-state index in [0.29, 0.717) is 18.0 Å². The second kappa shape index (κ2) is 7.41. The van der Waals surface area contributed by atoms with Gasteiger partial charge in [0, 0.05) is 6.04 Å². The molecule has 0 heterocycles. The molecule has 1 rings (SSSR count). The van der Waals surface area contributed by atoms with E-state index >= 15 is 0 Å². The second-order valence-corrected chi connectivity index (χ2v) is 4.38. The second-order valence-electron chi connectivity index (χ2n) is 4.38. The van der Waals surface area contributed by atoms with E-state index in [0.717, 1.165) is 0 Å². The highest BCUT2D eigenvalue weighted by Gasteiger charge is 2.12. The van der Waals surface area contributed by atoms with E-state index in [1.807, 2.05) is 26.8 Å². The molecule has 0 fully saturated rings. The fourth-order valence-corrected chi connectivity index (χ4v) is 1.56. The van der Waals surface area contributed by atoms with Crippen molar-refractivity contribution in [2.45, 2.75) is 33.2 Å². The number of rotatable bonds is 6. The van der Waals surface area contributed by atoms with Gasteiger partial charge in [-0.3, -0.25) is 9.59 Å². The van der Waals surface area contributed by atoms with Crippen molar-refractivity contribution in [2.75, 3.05) is 11.9 Å². The smallest absolute Gasteiger partial charge is 0.233 e. The number of carbonyl (C=O) groups is 2. The van der Waals surface area contributed by atoms with Gasteiger partial charge in [-0.1, -0.05) is 12.1 Å². The molecule has 1 aromatic rings. The van der Waals surface area contributed by atoms with Gasteiger partial charge in [-0.25, -0.2) is 0 Å². The van der Waals surface area contributed by atoms with Crippen LogP contribution in [-0.4, -0.2) is 24.5 Å². The van der Waals surface area contributed by atoms with E-state index in [1.165, 1.54) is 0 Å². The number of nitrogens with one attached hydrogen (secondary N) is 2. The number of anilines is 1. The zero-order valence-corrected chi connectivity index (χ0v) is 11.5. The van der Waals surface area contributed by atoms with Crippen molar-refractivity contribution in [3.63, 3.8) is 0 Å². The average molecular weight is 264 g/mol. The van der Waals surface area contributed by atoms with Crippen molar-refractivity contribution in [2.24, 2.45) is 0 Å². The van der Waals surface area contributed by atoms with Crippen LogP contribution in [-0.2, 0) is 9.59 Å². The van der Waals surface area contributed by atoms with E-state index in [2.05, 4.69) is 10.6 Å². The lowest BCUT2D eigenvalue weighted by molar-refractivity contribution is -0.127. The van der Waals surface area contributed by atoms with Crippen LogP contribution in [0.3, 0.4) is 0 Å². The first-order valence-corrected chi connectivity index (χ1v) is 6.34. The maximum absolute atomic E-state index is 11.7. The van der Waals surface area contributed by atoms with Crippen molar-refractivity contribution < 1.29 is 14.3 Å². The van der Waals surface area contributed by atoms with Crippen molar-refractivity contribution in [1.29, 1.82) is 0 Å². The molecule has 2 amide bonds. The van der Waals surface area contributed by atoms with E-state index in [1.54, 1.807) is 18.2 Å². The van der Waals surface area contributed by atoms with Gasteiger partial charge in [-0.15, -0.1) is 0 Å². The summed E-state index contributed by atoms with van der Waals surface area (Å²) in [4.78, 5) is 23.2. The maximum Gasteiger partial charge on any atom is 0.233 e. The first-order chi connectivity index (χ1) is 9.02. The Kier molecular flexibility index (Phi) is 5.85. The van der Waals surface area contributed by atoms with Gasteiger partial charge in [0.15, 0.2) is 0 Å². The number of carbonyl (C=O) groups excluding carboxylic acids is 2. The molecule has 0 unspecified atom stereocenters. The van der Waals surface area contributed by atoms with E-state index in [9.17, 15) is 9.59 Å². The molecule has 5 heteroatoms. The minimum atomic E-state index is -0.356. The zero-order chi connectivity index (χ0) is 14.3. The van der Waals surface area contributed by atoms with Crippen LogP contribution < -0.4 is 15.4 Å². The Balaban J connectivity index is 2.59. The normalized spacial score (nSPS) is 10.1. The van der Waals surface area contributed by atoms with Gasteiger partial charge < -0.3 is 15.4 Å². The molecule has 0 radical (unpaired) electrons. The maximum atomic E-state index is 11.7. The van der Waals surface area contributed by atoms with Crippen molar-refractivity contribution in [3.8, 4) is 5.75 Å². The summed E-state index contributed by atoms with van der Waals surface area (Å²) in [5.41, 5.74) is 0.576. The summed E-state index contributed by atoms with van der Waals surface area (Å²) >= 11 is 0. The summed E-state index contributed by atoms with van der Waals surface area (Å²) in [6.07, 6.45) is -0.196. The Morgan fingerprint density at radius 3 is 2.53 bits per heavy atom. The first kappa shape index (κ1) is 15.0. The third-order valence-electron chi connectivity index (χ3n) is 2.23. The molecule has 1 aromatic carbocycles. The van der Waals surface area contributed by atoms with Crippen LogP contribution in [0.25, 0.3) is 0 Å². The topological polar surface area (TPSA) is 67.4 Å². The van der Waals surface area contributed by atoms with Gasteiger partial charge in [0.1, 0.15) is 12.2 Å². The Morgan fingerprint density at radius 2 is 1.89 bits per heavy atom. The highest BCUT2D eigenvalue weighted by molar-refractivity contribution is 6.04. The van der Waals surface area contributed by atoms with Crippen LogP contribution >= 0.6 is 0 Å². The Morgan fingerprint density at radius 1 is 1.21 bits per heavy atom. The summed E-state index contributed by atoms with van der Waals surface area (Å²) in [5, 5.41) is 5.34. The molecule has 0 saturated carbocycles. The summed E-state index contributed by atoms with van der Waals surface area (Å²) in [6.45, 7) is 6.08. The highest BCUT2D eigenvalue weighted by atomic mass is 16.5. The van der Waals surface area contributed by atoms with E-state index in [4.69, 9.17) is 4.74 Å². The highest BCUT2D eigenvalue weighted by Crippen LogP contribution is 2.23. The largest absolute Gasteiger partial charge is 0.492 e. The molecule has 2 N–H and O–H groups in total. The number of hydrogen-bond acceptors (Lipinski definition) is 3. The fourth-order valence-electron chi connectivity index (χ4n) is 1.56. The van der Waals surface area contributed by atoms with Crippen LogP contribution in [0.2, 0.25) is 0 Å². The predicted molar refractivity (Wildman–Crippen MR) is 74.1 cm³/mol. The summed E-state index contributed by atoms with van der Waals surface area (Å²) in [7, 11) is 0. The molecule has 104 valence electrons. The fraction of sp³-hybridized carbons (Fsp3) is 0.429. The van der Waals surface area contributed by atoms with Gasteiger partial charge in [-0.05, 0) is 32.9 Å². The molecule has 19 heavy (non-hydrogen) atoms. The Bertz CT molecular complexity index is 444. The van der Waals surface area contributed by atoms with Crippen LogP contribution in [0.1, 0.15) is 27.2 Å². The average Bonchev–Trinajstić information content (AvgIpc) is 2.30. The summed E-state index contributed by atoms with van der Waals surface area (Å²) in [6, 6.07) is 7.16. The van der Waals surface area contributed by atoms with Gasteiger partial charge in [0.25, 0.3) is 0 Å². The van der Waals surface area contributed by atoms with Gasteiger partial charge in [0.2, 0.25) is 11.8 Å². The van der Waals surface area contributed by atoms with Crippen LogP contribution in [0.4, 0.5) is 5.69 Å². The Labute approximate surface area is 113 Å². The minimum Gasteiger partial charge on any atom is -0.492 e. The van der Waals surface area contributed by atoms with Crippen molar-refractivity contribution in [1.82, 2.24) is 5.32 Å². The molecule has 0 atom stereocenters. The lowest BCUT2D eigenvalue weighted by atomic mass is 10.2. The van der Waals surface area contributed by atoms with Crippen molar-refractivity contribution >= 4 is 17.5 Å². The summed E-state index contributed by atoms with van der Waals surface area (Å²) in [5.74, 6) is -0.0469. The van der Waals surface area contributed by atoms with Crippen LogP contribution in [0.5, 0.6) is 5.75 Å². The molecular weight excluding hydrogens is 244 g/mol. The molecular formula is C14H20N2O3. The molecule has 0 aliphatic carbocycles. The summed E-state index contributed by atoms with van der Waals surface area (Å²) < 4.78 is 5.39. The Hall–Kier alpha value is -2.04. The lowest BCUT2D eigenvalue weighted by Crippen LogP contribution is -2.33. The predicted octanol–water partition coefficient (Wildman–Crippen LogP) is 1.94. The van der Waals surface area contributed by atoms with Gasteiger partial charge >= 0.3 is 0 Å². The molecule has 0 aliphatic rings. The molecule has 0 saturated heterocycles. The van der Waals surface area contributed by atoms with Gasteiger partial charge in [-0.2, -0.15) is 0 Å². The number of hydrogen-bond donors (Lipinski definition) is 2. The van der Waals surface area contributed by atoms with E-state index < -0.39 is 0 Å². The lowest BCUT2D eigenvalue weighted by Gasteiger charge is -2.12. The monoisotopic (exact) mass is 264 g/mol. The standard InChI is InChI=1S/C14H20N2O3/c1-4-19-12-8-6-5-7-11(12)16-14(18)9-13(17)15-10(2)3/h5-8,10H,4,9H2,1-3H3,(H,15,17)(H,16,18). The SMILES string of the molecule is CCOc1ccccc1NC(=O)CC(=O)NC(C)C. The zero-order valence-electron chi connectivity index (χ0n) is 11.5. The number of para-hydroxylation sites is 2. The van der Waals surface area contributed by atoms with Crippen molar-refractivity contribution in [3.05, 3.63) is 24.3 Å². The molecule has 0 aliphatic heterocycles. The quantitative estimate of drug-likeness (QED) is 0.772. The molecule has 0 bridgehead atoms.